The Kier molecular flexibility index (Phi) is 5.54. The largest absolute Gasteiger partial charge is 0.456 e. The van der Waals surface area contributed by atoms with Crippen molar-refractivity contribution in [3.05, 3.63) is 164 Å². The molecule has 2 heteroatoms. The molecule has 0 radical (unpaired) electrons. The van der Waals surface area contributed by atoms with E-state index >= 15 is 0 Å². The summed E-state index contributed by atoms with van der Waals surface area (Å²) in [6, 6.07) is 58.8. The van der Waals surface area contributed by atoms with Gasteiger partial charge >= 0.3 is 0 Å². The number of hydrogen-bond donors (Lipinski definition) is 0. The molecular formula is C42H27NO. The van der Waals surface area contributed by atoms with E-state index in [1.807, 2.05) is 0 Å². The Bertz CT molecular complexity index is 2520. The third-order valence-electron chi connectivity index (χ3n) is 8.76. The van der Waals surface area contributed by atoms with Gasteiger partial charge in [-0.05, 0) is 104 Å². The van der Waals surface area contributed by atoms with Crippen molar-refractivity contribution in [2.75, 3.05) is 4.90 Å². The molecule has 0 atom stereocenters. The Balaban J connectivity index is 1.25. The van der Waals surface area contributed by atoms with Gasteiger partial charge in [-0.1, -0.05) is 103 Å². The summed E-state index contributed by atoms with van der Waals surface area (Å²) in [5.74, 6) is 0. The number of anilines is 3. The van der Waals surface area contributed by atoms with E-state index < -0.39 is 0 Å². The summed E-state index contributed by atoms with van der Waals surface area (Å²) in [5, 5.41) is 9.56. The molecule has 8 aromatic carbocycles. The van der Waals surface area contributed by atoms with Crippen molar-refractivity contribution in [2.45, 2.75) is 0 Å². The Morgan fingerprint density at radius 2 is 0.864 bits per heavy atom. The van der Waals surface area contributed by atoms with Crippen molar-refractivity contribution in [2.24, 2.45) is 0 Å². The molecule has 0 aliphatic rings. The number of fused-ring (bicyclic) bond motifs is 6. The van der Waals surface area contributed by atoms with E-state index in [4.69, 9.17) is 4.42 Å². The molecule has 0 saturated carbocycles. The third-order valence-corrected chi connectivity index (χ3v) is 8.76. The van der Waals surface area contributed by atoms with Crippen molar-refractivity contribution in [3.8, 4) is 11.1 Å². The van der Waals surface area contributed by atoms with Gasteiger partial charge in [0.25, 0.3) is 0 Å². The average Bonchev–Trinajstić information content (AvgIpc) is 3.44. The molecule has 0 unspecified atom stereocenters. The fourth-order valence-electron chi connectivity index (χ4n) is 6.55. The first-order valence-corrected chi connectivity index (χ1v) is 15.0. The Labute approximate surface area is 255 Å². The summed E-state index contributed by atoms with van der Waals surface area (Å²) in [7, 11) is 0. The van der Waals surface area contributed by atoms with Crippen LogP contribution in [0.4, 0.5) is 17.1 Å². The van der Waals surface area contributed by atoms with Crippen molar-refractivity contribution >= 4 is 71.3 Å². The van der Waals surface area contributed by atoms with Crippen molar-refractivity contribution in [1.82, 2.24) is 0 Å². The normalized spacial score (nSPS) is 11.6. The minimum Gasteiger partial charge on any atom is -0.456 e. The Hall–Kier alpha value is -5.86. The van der Waals surface area contributed by atoms with Crippen molar-refractivity contribution < 1.29 is 4.42 Å². The van der Waals surface area contributed by atoms with Gasteiger partial charge in [0, 0.05) is 27.8 Å². The van der Waals surface area contributed by atoms with E-state index in [9.17, 15) is 0 Å². The van der Waals surface area contributed by atoms with Crippen LogP contribution in [-0.2, 0) is 0 Å². The van der Waals surface area contributed by atoms with E-state index in [2.05, 4.69) is 169 Å². The van der Waals surface area contributed by atoms with Crippen molar-refractivity contribution in [3.63, 3.8) is 0 Å². The van der Waals surface area contributed by atoms with Gasteiger partial charge in [0.15, 0.2) is 0 Å². The molecule has 9 aromatic rings. The standard InChI is InChI=1S/C42H27NO/c1-3-10-30-22-35(17-16-28(30)8-1)32-14-7-15-36(24-32)43(37-19-18-29-9-2-4-11-31(29)23-37)38-20-21-41-40(27-38)39-25-33-12-5-6-13-34(33)26-42(39)44-41/h1-27H. The van der Waals surface area contributed by atoms with Gasteiger partial charge < -0.3 is 9.32 Å². The second-order valence-corrected chi connectivity index (χ2v) is 11.5. The van der Waals surface area contributed by atoms with E-state index in [0.29, 0.717) is 0 Å². The highest BCUT2D eigenvalue weighted by atomic mass is 16.3. The second kappa shape index (κ2) is 9.86. The first-order valence-electron chi connectivity index (χ1n) is 15.0. The third kappa shape index (κ3) is 4.11. The minimum absolute atomic E-state index is 0.891. The van der Waals surface area contributed by atoms with Gasteiger partial charge in [-0.2, -0.15) is 0 Å². The van der Waals surface area contributed by atoms with Gasteiger partial charge in [0.2, 0.25) is 0 Å². The first kappa shape index (κ1) is 24.7. The van der Waals surface area contributed by atoms with Crippen LogP contribution in [0.2, 0.25) is 0 Å². The van der Waals surface area contributed by atoms with Gasteiger partial charge in [-0.3, -0.25) is 0 Å². The van der Waals surface area contributed by atoms with E-state index in [0.717, 1.165) is 39.0 Å². The van der Waals surface area contributed by atoms with Gasteiger partial charge in [-0.15, -0.1) is 0 Å². The summed E-state index contributed by atoms with van der Waals surface area (Å²) >= 11 is 0. The number of benzene rings is 8. The van der Waals surface area contributed by atoms with Crippen LogP contribution in [0.25, 0.3) is 65.4 Å². The van der Waals surface area contributed by atoms with E-state index in [-0.39, 0.29) is 0 Å². The lowest BCUT2D eigenvalue weighted by Crippen LogP contribution is -2.10. The van der Waals surface area contributed by atoms with Crippen LogP contribution in [-0.4, -0.2) is 0 Å². The Morgan fingerprint density at radius 3 is 1.64 bits per heavy atom. The van der Waals surface area contributed by atoms with Gasteiger partial charge in [-0.25, -0.2) is 0 Å². The molecular weight excluding hydrogens is 534 g/mol. The Morgan fingerprint density at radius 1 is 0.318 bits per heavy atom. The van der Waals surface area contributed by atoms with Crippen LogP contribution < -0.4 is 4.90 Å². The molecule has 0 aliphatic heterocycles. The highest BCUT2D eigenvalue weighted by Gasteiger charge is 2.17. The van der Waals surface area contributed by atoms with Crippen LogP contribution in [0.15, 0.2) is 168 Å². The monoisotopic (exact) mass is 561 g/mol. The topological polar surface area (TPSA) is 16.4 Å². The summed E-state index contributed by atoms with van der Waals surface area (Å²) < 4.78 is 6.36. The zero-order valence-corrected chi connectivity index (χ0v) is 23.9. The van der Waals surface area contributed by atoms with Crippen LogP contribution in [0, 0.1) is 0 Å². The average molecular weight is 562 g/mol. The SMILES string of the molecule is c1cc(-c2ccc3ccccc3c2)cc(N(c2ccc3ccccc3c2)c2ccc3oc4cc5ccccc5cc4c3c2)c1. The zero-order chi connectivity index (χ0) is 29.0. The van der Waals surface area contributed by atoms with Crippen molar-refractivity contribution in [1.29, 1.82) is 0 Å². The summed E-state index contributed by atoms with van der Waals surface area (Å²) in [6.07, 6.45) is 0. The lowest BCUT2D eigenvalue weighted by Gasteiger charge is -2.26. The first-order chi connectivity index (χ1) is 21.8. The lowest BCUT2D eigenvalue weighted by molar-refractivity contribution is 0.669. The molecule has 9 rings (SSSR count). The second-order valence-electron chi connectivity index (χ2n) is 11.5. The molecule has 0 bridgehead atoms. The van der Waals surface area contributed by atoms with E-state index in [1.54, 1.807) is 0 Å². The zero-order valence-electron chi connectivity index (χ0n) is 23.9. The molecule has 0 aliphatic carbocycles. The quantitative estimate of drug-likeness (QED) is 0.212. The summed E-state index contributed by atoms with van der Waals surface area (Å²) in [6.45, 7) is 0. The molecule has 0 saturated heterocycles. The smallest absolute Gasteiger partial charge is 0.136 e. The summed E-state index contributed by atoms with van der Waals surface area (Å²) in [5.41, 5.74) is 7.47. The maximum atomic E-state index is 6.36. The van der Waals surface area contributed by atoms with Crippen LogP contribution in [0.3, 0.4) is 0 Å². The molecule has 1 heterocycles. The number of furan rings is 1. The molecule has 0 amide bonds. The molecule has 44 heavy (non-hydrogen) atoms. The highest BCUT2D eigenvalue weighted by Crippen LogP contribution is 2.41. The fourth-order valence-corrected chi connectivity index (χ4v) is 6.55. The number of nitrogens with zero attached hydrogens (tertiary/aromatic N) is 1. The maximum absolute atomic E-state index is 6.36. The molecule has 2 nitrogen and oxygen atoms in total. The molecule has 1 aromatic heterocycles. The molecule has 0 N–H and O–H groups in total. The van der Waals surface area contributed by atoms with Gasteiger partial charge in [0.05, 0.1) is 0 Å². The molecule has 0 spiro atoms. The summed E-state index contributed by atoms with van der Waals surface area (Å²) in [4.78, 5) is 2.36. The predicted molar refractivity (Wildman–Crippen MR) is 186 cm³/mol. The fraction of sp³-hybridized carbons (Fsp3) is 0. The number of hydrogen-bond acceptors (Lipinski definition) is 2. The van der Waals surface area contributed by atoms with Crippen LogP contribution in [0.1, 0.15) is 0 Å². The van der Waals surface area contributed by atoms with E-state index in [1.165, 1.54) is 43.4 Å². The minimum atomic E-state index is 0.891. The number of rotatable bonds is 4. The van der Waals surface area contributed by atoms with Crippen LogP contribution >= 0.6 is 0 Å². The highest BCUT2D eigenvalue weighted by molar-refractivity contribution is 6.11. The van der Waals surface area contributed by atoms with Crippen LogP contribution in [0.5, 0.6) is 0 Å². The molecule has 206 valence electrons. The molecule has 0 fully saturated rings. The predicted octanol–water partition coefficient (Wildman–Crippen LogP) is 12.2. The lowest BCUT2D eigenvalue weighted by atomic mass is 10.00. The van der Waals surface area contributed by atoms with Gasteiger partial charge in [0.1, 0.15) is 11.2 Å². The maximum Gasteiger partial charge on any atom is 0.136 e.